The Hall–Kier alpha value is -2.03. The van der Waals surface area contributed by atoms with Gasteiger partial charge in [0.15, 0.2) is 17.6 Å². The van der Waals surface area contributed by atoms with Crippen molar-refractivity contribution in [1.29, 1.82) is 0 Å². The van der Waals surface area contributed by atoms with Gasteiger partial charge in [-0.2, -0.15) is 0 Å². The smallest absolute Gasteiger partial charge is 0.238 e. The Bertz CT molecular complexity index is 901. The van der Waals surface area contributed by atoms with Crippen molar-refractivity contribution in [1.82, 2.24) is 9.80 Å². The number of fused-ring (bicyclic) bond motifs is 1. The van der Waals surface area contributed by atoms with Crippen LogP contribution in [0.5, 0.6) is 11.5 Å². The number of aliphatic hydroxyl groups excluding tert-OH is 1. The third kappa shape index (κ3) is 5.61. The molecule has 0 aromatic heterocycles. The molecule has 0 aliphatic carbocycles. The highest BCUT2D eigenvalue weighted by atomic mass is 35.5. The number of carbonyl (C=O) groups is 1. The maximum atomic E-state index is 12.4. The van der Waals surface area contributed by atoms with Crippen LogP contribution in [0.25, 0.3) is 0 Å². The van der Waals surface area contributed by atoms with E-state index < -0.39 is 12.2 Å². The lowest BCUT2D eigenvalue weighted by Gasteiger charge is -2.37. The summed E-state index contributed by atoms with van der Waals surface area (Å²) >= 11 is 12.2. The van der Waals surface area contributed by atoms with Gasteiger partial charge in [0.05, 0.1) is 22.3 Å². The molecule has 2 aliphatic heterocycles. The van der Waals surface area contributed by atoms with Gasteiger partial charge in [-0.1, -0.05) is 41.4 Å². The molecule has 4 rings (SSSR count). The van der Waals surface area contributed by atoms with E-state index >= 15 is 0 Å². The van der Waals surface area contributed by atoms with Gasteiger partial charge in [0.25, 0.3) is 0 Å². The van der Waals surface area contributed by atoms with Crippen LogP contribution in [-0.2, 0) is 4.79 Å². The van der Waals surface area contributed by atoms with Crippen LogP contribution in [0.2, 0.25) is 10.0 Å². The monoisotopic (exact) mass is 465 g/mol. The SMILES string of the molecule is O=C(CN1CCN(CC(O)C2COc3ccccc3O2)CC1)Nc1c(Cl)cccc1Cl. The Labute approximate surface area is 191 Å². The molecule has 166 valence electrons. The van der Waals surface area contributed by atoms with Gasteiger partial charge in [-0.15, -0.1) is 0 Å². The number of rotatable bonds is 6. The van der Waals surface area contributed by atoms with Crippen LogP contribution in [0.15, 0.2) is 42.5 Å². The summed E-state index contributed by atoms with van der Waals surface area (Å²) in [6.45, 7) is 4.02. The Morgan fingerprint density at radius 2 is 1.68 bits per heavy atom. The van der Waals surface area contributed by atoms with Gasteiger partial charge in [-0.3, -0.25) is 14.6 Å². The number of hydrogen-bond donors (Lipinski definition) is 2. The number of piperazine rings is 1. The van der Waals surface area contributed by atoms with Crippen molar-refractivity contribution in [3.8, 4) is 11.5 Å². The number of nitrogens with one attached hydrogen (secondary N) is 1. The predicted octanol–water partition coefficient (Wildman–Crippen LogP) is 2.75. The Balaban J connectivity index is 1.21. The molecule has 2 N–H and O–H groups in total. The van der Waals surface area contributed by atoms with Crippen LogP contribution >= 0.6 is 23.2 Å². The van der Waals surface area contributed by atoms with E-state index in [9.17, 15) is 9.90 Å². The normalized spacial score (nSPS) is 20.3. The highest BCUT2D eigenvalue weighted by molar-refractivity contribution is 6.39. The zero-order chi connectivity index (χ0) is 21.8. The summed E-state index contributed by atoms with van der Waals surface area (Å²) in [6, 6.07) is 12.6. The van der Waals surface area contributed by atoms with E-state index in [1.54, 1.807) is 18.2 Å². The van der Waals surface area contributed by atoms with Crippen molar-refractivity contribution in [3.63, 3.8) is 0 Å². The molecule has 1 amide bonds. The molecule has 0 saturated carbocycles. The topological polar surface area (TPSA) is 74.3 Å². The Kier molecular flexibility index (Phi) is 7.20. The number of halogens is 2. The number of amides is 1. The van der Waals surface area contributed by atoms with Gasteiger partial charge in [0.1, 0.15) is 12.7 Å². The van der Waals surface area contributed by atoms with E-state index in [1.165, 1.54) is 0 Å². The van der Waals surface area contributed by atoms with Gasteiger partial charge in [0.2, 0.25) is 5.91 Å². The van der Waals surface area contributed by atoms with E-state index in [2.05, 4.69) is 15.1 Å². The van der Waals surface area contributed by atoms with E-state index in [1.807, 2.05) is 24.3 Å². The molecule has 2 atom stereocenters. The number of β-amino-alcohol motifs (C(OH)–C–C–N with tert-alkyl or cyclic N) is 1. The minimum Gasteiger partial charge on any atom is -0.486 e. The zero-order valence-electron chi connectivity index (χ0n) is 17.0. The molecule has 7 nitrogen and oxygen atoms in total. The first-order valence-electron chi connectivity index (χ1n) is 10.2. The number of ether oxygens (including phenoxy) is 2. The number of benzene rings is 2. The second-order valence-corrected chi connectivity index (χ2v) is 8.52. The number of hydrogen-bond acceptors (Lipinski definition) is 6. The van der Waals surface area contributed by atoms with Crippen molar-refractivity contribution in [2.24, 2.45) is 0 Å². The minimum absolute atomic E-state index is 0.157. The minimum atomic E-state index is -0.662. The second-order valence-electron chi connectivity index (χ2n) is 7.70. The van der Waals surface area contributed by atoms with Crippen LogP contribution in [0, 0.1) is 0 Å². The number of anilines is 1. The first-order chi connectivity index (χ1) is 15.0. The van der Waals surface area contributed by atoms with Crippen molar-refractivity contribution < 1.29 is 19.4 Å². The average molecular weight is 466 g/mol. The molecule has 2 heterocycles. The molecule has 31 heavy (non-hydrogen) atoms. The number of carbonyl (C=O) groups excluding carboxylic acids is 1. The standard InChI is InChI=1S/C22H25Cl2N3O4/c23-15-4-3-5-16(24)22(15)25-21(29)13-27-10-8-26(9-11-27)12-17(28)20-14-30-18-6-1-2-7-19(18)31-20/h1-7,17,20,28H,8-14H2,(H,25,29). The molecular weight excluding hydrogens is 441 g/mol. The fourth-order valence-corrected chi connectivity index (χ4v) is 4.23. The maximum Gasteiger partial charge on any atom is 0.238 e. The fraction of sp³-hybridized carbons (Fsp3) is 0.409. The summed E-state index contributed by atoms with van der Waals surface area (Å²) in [7, 11) is 0. The van der Waals surface area contributed by atoms with Crippen LogP contribution in [0.4, 0.5) is 5.69 Å². The van der Waals surface area contributed by atoms with E-state index in [0.717, 1.165) is 26.2 Å². The van der Waals surface area contributed by atoms with E-state index in [4.69, 9.17) is 32.7 Å². The average Bonchev–Trinajstić information content (AvgIpc) is 2.77. The third-order valence-electron chi connectivity index (χ3n) is 5.46. The molecule has 9 heteroatoms. The van der Waals surface area contributed by atoms with E-state index in [0.29, 0.717) is 40.4 Å². The lowest BCUT2D eigenvalue weighted by molar-refractivity contribution is -0.117. The molecule has 2 aromatic rings. The lowest BCUT2D eigenvalue weighted by atomic mass is 10.1. The fourth-order valence-electron chi connectivity index (χ4n) is 3.74. The van der Waals surface area contributed by atoms with Gasteiger partial charge >= 0.3 is 0 Å². The second kappa shape index (κ2) is 10.1. The van der Waals surface area contributed by atoms with Crippen LogP contribution in [-0.4, -0.2) is 78.9 Å². The molecule has 1 fully saturated rings. The Morgan fingerprint density at radius 1 is 1.03 bits per heavy atom. The highest BCUT2D eigenvalue weighted by Gasteiger charge is 2.30. The molecule has 2 aromatic carbocycles. The zero-order valence-corrected chi connectivity index (χ0v) is 18.5. The van der Waals surface area contributed by atoms with Crippen LogP contribution in [0.1, 0.15) is 0 Å². The summed E-state index contributed by atoms with van der Waals surface area (Å²) in [5.41, 5.74) is 0.439. The molecular formula is C22H25Cl2N3O4. The first kappa shape index (κ1) is 22.2. The maximum absolute atomic E-state index is 12.4. The largest absolute Gasteiger partial charge is 0.486 e. The molecule has 1 saturated heterocycles. The summed E-state index contributed by atoms with van der Waals surface area (Å²) < 4.78 is 11.6. The number of nitrogens with zero attached hydrogens (tertiary/aromatic N) is 2. The molecule has 0 radical (unpaired) electrons. The van der Waals surface area contributed by atoms with Crippen molar-refractivity contribution in [2.75, 3.05) is 51.2 Å². The quantitative estimate of drug-likeness (QED) is 0.682. The highest BCUT2D eigenvalue weighted by Crippen LogP contribution is 2.32. The van der Waals surface area contributed by atoms with Gasteiger partial charge in [-0.05, 0) is 24.3 Å². The number of aliphatic hydroxyl groups is 1. The van der Waals surface area contributed by atoms with Gasteiger partial charge in [0, 0.05) is 32.7 Å². The van der Waals surface area contributed by atoms with Crippen molar-refractivity contribution in [3.05, 3.63) is 52.5 Å². The molecule has 2 aliphatic rings. The first-order valence-corrected chi connectivity index (χ1v) is 11.0. The van der Waals surface area contributed by atoms with Crippen molar-refractivity contribution >= 4 is 34.8 Å². The van der Waals surface area contributed by atoms with Crippen LogP contribution < -0.4 is 14.8 Å². The van der Waals surface area contributed by atoms with Crippen molar-refractivity contribution in [2.45, 2.75) is 12.2 Å². The Morgan fingerprint density at radius 3 is 2.39 bits per heavy atom. The molecule has 0 bridgehead atoms. The number of para-hydroxylation sites is 3. The molecule has 2 unspecified atom stereocenters. The summed E-state index contributed by atoms with van der Waals surface area (Å²) in [4.78, 5) is 16.6. The summed E-state index contributed by atoms with van der Waals surface area (Å²) in [6.07, 6.45) is -1.07. The van der Waals surface area contributed by atoms with E-state index in [-0.39, 0.29) is 12.5 Å². The lowest BCUT2D eigenvalue weighted by Crippen LogP contribution is -2.53. The molecule has 0 spiro atoms. The third-order valence-corrected chi connectivity index (χ3v) is 6.09. The summed E-state index contributed by atoms with van der Waals surface area (Å²) in [5.74, 6) is 1.21. The van der Waals surface area contributed by atoms with Gasteiger partial charge in [-0.25, -0.2) is 0 Å². The predicted molar refractivity (Wildman–Crippen MR) is 120 cm³/mol. The van der Waals surface area contributed by atoms with Crippen LogP contribution in [0.3, 0.4) is 0 Å². The van der Waals surface area contributed by atoms with Gasteiger partial charge < -0.3 is 19.9 Å². The summed E-state index contributed by atoms with van der Waals surface area (Å²) in [5, 5.41) is 14.2.